The second-order valence-corrected chi connectivity index (χ2v) is 6.74. The molecule has 9 heteroatoms. The number of halogens is 3. The van der Waals surface area contributed by atoms with Gasteiger partial charge in [-0.25, -0.2) is 5.43 Å². The van der Waals surface area contributed by atoms with Crippen LogP contribution in [0.2, 0.25) is 10.0 Å². The summed E-state index contributed by atoms with van der Waals surface area (Å²) in [4.78, 5) is 23.3. The molecule has 0 aliphatic heterocycles. The average molecular weight is 459 g/mol. The van der Waals surface area contributed by atoms with Crippen molar-refractivity contribution in [3.63, 3.8) is 0 Å². The van der Waals surface area contributed by atoms with E-state index in [9.17, 15) is 9.59 Å². The van der Waals surface area contributed by atoms with Gasteiger partial charge >= 0.3 is 0 Å². The van der Waals surface area contributed by atoms with E-state index >= 15 is 0 Å². The molecule has 0 atom stereocenters. The van der Waals surface area contributed by atoms with E-state index in [1.54, 1.807) is 12.1 Å². The van der Waals surface area contributed by atoms with Gasteiger partial charge in [0.05, 0.1) is 17.8 Å². The number of nitrogens with one attached hydrogen (secondary N) is 2. The highest BCUT2D eigenvalue weighted by Gasteiger charge is 2.08. The fourth-order valence-corrected chi connectivity index (χ4v) is 2.46. The third-order valence-electron chi connectivity index (χ3n) is 2.97. The zero-order valence-corrected chi connectivity index (χ0v) is 16.4. The molecule has 0 spiro atoms. The number of carbonyl (C=O) groups excluding carboxylic acids is 2. The molecule has 0 radical (unpaired) electrons. The summed E-state index contributed by atoms with van der Waals surface area (Å²) in [5, 5.41) is 6.99. The van der Waals surface area contributed by atoms with Gasteiger partial charge in [-0.1, -0.05) is 51.3 Å². The number of nitrogens with zero attached hydrogens (tertiary/aromatic N) is 1. The standard InChI is InChI=1S/C17H14BrCl2N3O3/c18-12-3-1-11(2-4-12)8-22-23-16(24)9-21-17(25)10-26-15-6-5-13(19)7-14(15)20/h1-8H,9-10H2,(H,21,25)(H,23,24)/b22-8+. The Morgan fingerprint density at radius 1 is 1.12 bits per heavy atom. The predicted molar refractivity (Wildman–Crippen MR) is 105 cm³/mol. The minimum absolute atomic E-state index is 0.228. The van der Waals surface area contributed by atoms with Crippen LogP contribution in [0, 0.1) is 0 Å². The van der Waals surface area contributed by atoms with E-state index in [-0.39, 0.29) is 13.2 Å². The average Bonchev–Trinajstić information content (AvgIpc) is 2.61. The van der Waals surface area contributed by atoms with Crippen LogP contribution >= 0.6 is 39.1 Å². The number of ether oxygens (including phenoxy) is 1. The van der Waals surface area contributed by atoms with Gasteiger partial charge in [0.15, 0.2) is 6.61 Å². The summed E-state index contributed by atoms with van der Waals surface area (Å²) in [5.41, 5.74) is 3.14. The van der Waals surface area contributed by atoms with Crippen LogP contribution in [0.25, 0.3) is 0 Å². The van der Waals surface area contributed by atoms with Crippen molar-refractivity contribution in [3.05, 3.63) is 62.5 Å². The summed E-state index contributed by atoms with van der Waals surface area (Å²) >= 11 is 15.0. The van der Waals surface area contributed by atoms with E-state index in [0.29, 0.717) is 15.8 Å². The van der Waals surface area contributed by atoms with Crippen LogP contribution in [-0.4, -0.2) is 31.2 Å². The summed E-state index contributed by atoms with van der Waals surface area (Å²) in [5.74, 6) is -0.603. The summed E-state index contributed by atoms with van der Waals surface area (Å²) in [6, 6.07) is 12.0. The van der Waals surface area contributed by atoms with Crippen LogP contribution in [0.4, 0.5) is 0 Å². The lowest BCUT2D eigenvalue weighted by Crippen LogP contribution is -2.37. The maximum atomic E-state index is 11.7. The minimum Gasteiger partial charge on any atom is -0.482 e. The highest BCUT2D eigenvalue weighted by molar-refractivity contribution is 9.10. The third kappa shape index (κ3) is 7.03. The highest BCUT2D eigenvalue weighted by atomic mass is 79.9. The number of amides is 2. The largest absolute Gasteiger partial charge is 0.482 e. The zero-order valence-electron chi connectivity index (χ0n) is 13.3. The number of hydrazone groups is 1. The van der Waals surface area contributed by atoms with Gasteiger partial charge in [-0.15, -0.1) is 0 Å². The number of benzene rings is 2. The number of hydrogen-bond acceptors (Lipinski definition) is 4. The molecule has 0 aromatic heterocycles. The Morgan fingerprint density at radius 2 is 1.85 bits per heavy atom. The molecule has 2 amide bonds. The normalized spacial score (nSPS) is 10.6. The Balaban J connectivity index is 1.69. The molecule has 0 aliphatic carbocycles. The molecule has 26 heavy (non-hydrogen) atoms. The van der Waals surface area contributed by atoms with Gasteiger partial charge in [0.2, 0.25) is 0 Å². The summed E-state index contributed by atoms with van der Waals surface area (Å²) in [6.45, 7) is -0.509. The van der Waals surface area contributed by atoms with Gasteiger partial charge in [0, 0.05) is 9.50 Å². The summed E-state index contributed by atoms with van der Waals surface area (Å²) in [7, 11) is 0. The van der Waals surface area contributed by atoms with Crippen LogP contribution in [0.15, 0.2) is 52.0 Å². The summed E-state index contributed by atoms with van der Waals surface area (Å²) in [6.07, 6.45) is 1.50. The first-order valence-corrected chi connectivity index (χ1v) is 8.91. The Labute approximate surface area is 168 Å². The highest BCUT2D eigenvalue weighted by Crippen LogP contribution is 2.27. The second-order valence-electron chi connectivity index (χ2n) is 4.98. The van der Waals surface area contributed by atoms with Crippen LogP contribution in [0.3, 0.4) is 0 Å². The van der Waals surface area contributed by atoms with Gasteiger partial charge in [-0.3, -0.25) is 9.59 Å². The Bertz CT molecular complexity index is 813. The van der Waals surface area contributed by atoms with Gasteiger partial charge in [-0.05, 0) is 35.9 Å². The van der Waals surface area contributed by atoms with Crippen LogP contribution in [-0.2, 0) is 9.59 Å². The second kappa shape index (κ2) is 10.2. The molecule has 0 saturated carbocycles. The van der Waals surface area contributed by atoms with E-state index in [1.165, 1.54) is 12.3 Å². The molecular weight excluding hydrogens is 445 g/mol. The molecule has 2 aromatic rings. The fourth-order valence-electron chi connectivity index (χ4n) is 1.73. The first kappa shape index (κ1) is 20.2. The van der Waals surface area contributed by atoms with Gasteiger partial charge < -0.3 is 10.1 Å². The lowest BCUT2D eigenvalue weighted by molar-refractivity contribution is -0.127. The van der Waals surface area contributed by atoms with Gasteiger partial charge in [0.25, 0.3) is 11.8 Å². The number of hydrogen-bond donors (Lipinski definition) is 2. The minimum atomic E-state index is -0.469. The molecule has 0 aliphatic rings. The molecule has 2 rings (SSSR count). The fraction of sp³-hybridized carbons (Fsp3) is 0.118. The predicted octanol–water partition coefficient (Wildman–Crippen LogP) is 3.40. The van der Waals surface area contributed by atoms with Crippen LogP contribution < -0.4 is 15.5 Å². The Hall–Kier alpha value is -2.09. The van der Waals surface area contributed by atoms with E-state index in [2.05, 4.69) is 31.8 Å². The smallest absolute Gasteiger partial charge is 0.259 e. The molecule has 2 N–H and O–H groups in total. The van der Waals surface area contributed by atoms with E-state index in [1.807, 2.05) is 24.3 Å². The van der Waals surface area contributed by atoms with Gasteiger partial charge in [-0.2, -0.15) is 5.10 Å². The lowest BCUT2D eigenvalue weighted by Gasteiger charge is -2.08. The molecule has 0 saturated heterocycles. The lowest BCUT2D eigenvalue weighted by atomic mass is 10.2. The zero-order chi connectivity index (χ0) is 18.9. The Morgan fingerprint density at radius 3 is 2.54 bits per heavy atom. The van der Waals surface area contributed by atoms with Gasteiger partial charge in [0.1, 0.15) is 5.75 Å². The maximum Gasteiger partial charge on any atom is 0.259 e. The SMILES string of the molecule is O=C(COc1ccc(Cl)cc1Cl)NCC(=O)N/N=C/c1ccc(Br)cc1. The number of carbonyl (C=O) groups is 2. The molecule has 0 fully saturated rings. The maximum absolute atomic E-state index is 11.7. The van der Waals surface area contributed by atoms with Crippen molar-refractivity contribution >= 4 is 57.2 Å². The van der Waals surface area contributed by atoms with E-state index in [0.717, 1.165) is 10.0 Å². The molecule has 136 valence electrons. The van der Waals surface area contributed by atoms with E-state index < -0.39 is 11.8 Å². The monoisotopic (exact) mass is 457 g/mol. The first-order chi connectivity index (χ1) is 12.4. The van der Waals surface area contributed by atoms with Crippen molar-refractivity contribution in [3.8, 4) is 5.75 Å². The first-order valence-electron chi connectivity index (χ1n) is 7.36. The van der Waals surface area contributed by atoms with Crippen molar-refractivity contribution < 1.29 is 14.3 Å². The molecule has 0 bridgehead atoms. The van der Waals surface area contributed by atoms with Crippen molar-refractivity contribution in [2.45, 2.75) is 0 Å². The quantitative estimate of drug-likeness (QED) is 0.492. The Kier molecular flexibility index (Phi) is 7.90. The van der Waals surface area contributed by atoms with Crippen LogP contribution in [0.5, 0.6) is 5.75 Å². The van der Waals surface area contributed by atoms with Crippen molar-refractivity contribution in [1.82, 2.24) is 10.7 Å². The molecular formula is C17H14BrCl2N3O3. The molecule has 0 heterocycles. The van der Waals surface area contributed by atoms with E-state index in [4.69, 9.17) is 27.9 Å². The third-order valence-corrected chi connectivity index (χ3v) is 4.03. The topological polar surface area (TPSA) is 79.8 Å². The number of rotatable bonds is 7. The van der Waals surface area contributed by atoms with Crippen molar-refractivity contribution in [2.24, 2.45) is 5.10 Å². The van der Waals surface area contributed by atoms with Crippen molar-refractivity contribution in [1.29, 1.82) is 0 Å². The molecule has 0 unspecified atom stereocenters. The van der Waals surface area contributed by atoms with Crippen molar-refractivity contribution in [2.75, 3.05) is 13.2 Å². The van der Waals surface area contributed by atoms with Crippen LogP contribution in [0.1, 0.15) is 5.56 Å². The summed E-state index contributed by atoms with van der Waals surface area (Å²) < 4.78 is 6.21. The molecule has 6 nitrogen and oxygen atoms in total. The molecule has 2 aromatic carbocycles.